The Kier molecular flexibility index (Phi) is 5.00. The summed E-state index contributed by atoms with van der Waals surface area (Å²) in [7, 11) is 0. The first-order chi connectivity index (χ1) is 18.3. The van der Waals surface area contributed by atoms with Gasteiger partial charge in [-0.15, -0.1) is 10.2 Å². The predicted molar refractivity (Wildman–Crippen MR) is 144 cm³/mol. The summed E-state index contributed by atoms with van der Waals surface area (Å²) in [6, 6.07) is 10.2. The van der Waals surface area contributed by atoms with Crippen LogP contribution in [0.4, 0.5) is 5.69 Å². The smallest absolute Gasteiger partial charge is 0.235 e. The number of nitrogens with one attached hydrogen (secondary N) is 3. The minimum atomic E-state index is -0.354. The number of rotatable bonds is 8. The number of hydrogen-bond donors (Lipinski definition) is 3. The quantitative estimate of drug-likeness (QED) is 0.287. The average molecular weight is 511 g/mol. The predicted octanol–water partition coefficient (Wildman–Crippen LogP) is 5.56. The van der Waals surface area contributed by atoms with Gasteiger partial charge < -0.3 is 10.3 Å². The number of aromatic nitrogens is 7. The third-order valence-corrected chi connectivity index (χ3v) is 9.18. The molecule has 1 aromatic carbocycles. The molecule has 196 valence electrons. The topological polar surface area (TPSA) is 117 Å². The molecule has 3 aliphatic carbocycles. The summed E-state index contributed by atoms with van der Waals surface area (Å²) in [5, 5.41) is 24.2. The van der Waals surface area contributed by atoms with Crippen LogP contribution < -0.4 is 5.32 Å². The monoisotopic (exact) mass is 510 g/mol. The molecule has 0 radical (unpaired) electrons. The highest BCUT2D eigenvalue weighted by Gasteiger charge is 2.81. The second-order valence-corrected chi connectivity index (χ2v) is 11.9. The van der Waals surface area contributed by atoms with E-state index in [1.807, 2.05) is 48.9 Å². The van der Waals surface area contributed by atoms with Crippen molar-refractivity contribution in [3.05, 3.63) is 53.7 Å². The van der Waals surface area contributed by atoms with Crippen molar-refractivity contribution in [1.29, 1.82) is 0 Å². The first-order valence-electron chi connectivity index (χ1n) is 13.7. The van der Waals surface area contributed by atoms with Crippen molar-refractivity contribution < 1.29 is 4.79 Å². The summed E-state index contributed by atoms with van der Waals surface area (Å²) in [6.45, 7) is 8.21. The molecule has 3 N–H and O–H groups in total. The molecule has 1 spiro atoms. The fraction of sp³-hybridized carbons (Fsp3) is 0.483. The minimum absolute atomic E-state index is 0.00386. The number of anilines is 1. The van der Waals surface area contributed by atoms with E-state index in [1.165, 1.54) is 25.7 Å². The zero-order chi connectivity index (χ0) is 26.2. The van der Waals surface area contributed by atoms with Crippen LogP contribution in [0.25, 0.3) is 22.6 Å². The lowest BCUT2D eigenvalue weighted by Crippen LogP contribution is -2.32. The number of carbonyl (C=O) groups is 1. The third kappa shape index (κ3) is 3.47. The molecule has 2 atom stereocenters. The Morgan fingerprint density at radius 1 is 1.11 bits per heavy atom. The largest absolute Gasteiger partial charge is 0.325 e. The van der Waals surface area contributed by atoms with E-state index in [0.717, 1.165) is 40.3 Å². The van der Waals surface area contributed by atoms with Gasteiger partial charge in [0.2, 0.25) is 5.91 Å². The van der Waals surface area contributed by atoms with E-state index in [4.69, 9.17) is 0 Å². The molecule has 9 heteroatoms. The first kappa shape index (κ1) is 23.4. The normalized spacial score (nSPS) is 22.1. The van der Waals surface area contributed by atoms with E-state index >= 15 is 0 Å². The van der Waals surface area contributed by atoms with Crippen LogP contribution in [0.5, 0.6) is 0 Å². The van der Waals surface area contributed by atoms with Gasteiger partial charge in [-0.25, -0.2) is 0 Å². The van der Waals surface area contributed by atoms with E-state index < -0.39 is 0 Å². The summed E-state index contributed by atoms with van der Waals surface area (Å²) in [6.07, 6.45) is 7.72. The van der Waals surface area contributed by atoms with Crippen molar-refractivity contribution in [2.75, 3.05) is 5.32 Å². The number of aromatic amines is 2. The van der Waals surface area contributed by atoms with Crippen molar-refractivity contribution in [3.8, 4) is 22.6 Å². The van der Waals surface area contributed by atoms with Gasteiger partial charge in [-0.2, -0.15) is 10.2 Å². The van der Waals surface area contributed by atoms with Gasteiger partial charge in [0.25, 0.3) is 0 Å². The first-order valence-corrected chi connectivity index (χ1v) is 13.7. The maximum absolute atomic E-state index is 14.1. The number of H-pyrrole nitrogens is 2. The van der Waals surface area contributed by atoms with Gasteiger partial charge in [0.1, 0.15) is 17.4 Å². The molecule has 9 nitrogen and oxygen atoms in total. The van der Waals surface area contributed by atoms with Crippen molar-refractivity contribution in [2.45, 2.75) is 71.8 Å². The molecule has 1 unspecified atom stereocenters. The maximum Gasteiger partial charge on any atom is 0.235 e. The Bertz CT molecular complexity index is 1500. The molecule has 3 fully saturated rings. The third-order valence-electron chi connectivity index (χ3n) is 9.18. The van der Waals surface area contributed by atoms with Crippen LogP contribution in [-0.2, 0) is 4.79 Å². The van der Waals surface area contributed by atoms with Gasteiger partial charge in [-0.05, 0) is 100 Å². The fourth-order valence-corrected chi connectivity index (χ4v) is 7.08. The molecule has 7 rings (SSSR count). The lowest BCUT2D eigenvalue weighted by Gasteiger charge is -2.26. The number of nitrogens with zero attached hydrogens (tertiary/aromatic N) is 5. The molecule has 0 saturated heterocycles. The zero-order valence-corrected chi connectivity index (χ0v) is 22.4. The number of hydrogen-bond acceptors (Lipinski definition) is 5. The Morgan fingerprint density at radius 3 is 2.47 bits per heavy atom. The highest BCUT2D eigenvalue weighted by molar-refractivity contribution is 5.97. The van der Waals surface area contributed by atoms with Crippen molar-refractivity contribution in [3.63, 3.8) is 0 Å². The molecule has 4 aromatic rings. The van der Waals surface area contributed by atoms with Crippen LogP contribution >= 0.6 is 0 Å². The number of carbonyl (C=O) groups excluding carboxylic acids is 1. The van der Waals surface area contributed by atoms with E-state index in [9.17, 15) is 4.79 Å². The van der Waals surface area contributed by atoms with E-state index in [1.54, 1.807) is 6.20 Å². The van der Waals surface area contributed by atoms with Crippen LogP contribution in [-0.4, -0.2) is 41.1 Å². The second-order valence-electron chi connectivity index (χ2n) is 11.9. The summed E-state index contributed by atoms with van der Waals surface area (Å²) < 4.78 is 1.93. The molecule has 3 heterocycles. The van der Waals surface area contributed by atoms with Gasteiger partial charge >= 0.3 is 0 Å². The van der Waals surface area contributed by atoms with Crippen molar-refractivity contribution in [2.24, 2.45) is 16.7 Å². The van der Waals surface area contributed by atoms with Crippen LogP contribution in [0.1, 0.15) is 75.1 Å². The molecule has 1 amide bonds. The molecular formula is C29H34N8O. The fourth-order valence-electron chi connectivity index (χ4n) is 7.08. The molecule has 38 heavy (non-hydrogen) atoms. The molecule has 3 saturated carbocycles. The lowest BCUT2D eigenvalue weighted by atomic mass is 9.80. The number of aryl methyl sites for hydroxylation is 2. The second kappa shape index (κ2) is 8.12. The van der Waals surface area contributed by atoms with Crippen LogP contribution in [0.15, 0.2) is 36.5 Å². The van der Waals surface area contributed by atoms with Gasteiger partial charge in [0.15, 0.2) is 5.82 Å². The standard InChI is InChI=1S/C29H34N8O/c1-16(2)37-22(11-14-30-37)25-32-26(36-35-25)24(29(20-7-8-20)15-28(29)12-13-28)27(38)31-21-9-5-19(6-10-21)23-17(3)33-34-18(23)4/h5-6,9-11,14,16,20,24H,7-8,12-13,15H2,1-4H3,(H,31,38)(H,33,34)(H,32,35,36)/t24-,29?/m1/s1. The summed E-state index contributed by atoms with van der Waals surface area (Å²) in [5.74, 6) is 1.57. The van der Waals surface area contributed by atoms with E-state index in [-0.39, 0.29) is 23.3 Å². The van der Waals surface area contributed by atoms with Gasteiger partial charge in [0.05, 0.1) is 5.69 Å². The van der Waals surface area contributed by atoms with Gasteiger partial charge in [-0.3, -0.25) is 14.6 Å². The van der Waals surface area contributed by atoms with Crippen LogP contribution in [0, 0.1) is 30.6 Å². The van der Waals surface area contributed by atoms with Gasteiger partial charge in [-0.1, -0.05) is 12.1 Å². The Morgan fingerprint density at radius 2 is 1.87 bits per heavy atom. The summed E-state index contributed by atoms with van der Waals surface area (Å²) in [5.41, 5.74) is 6.16. The number of benzene rings is 1. The molecule has 0 bridgehead atoms. The molecule has 3 aliphatic rings. The van der Waals surface area contributed by atoms with E-state index in [2.05, 4.69) is 49.6 Å². The SMILES string of the molecule is Cc1n[nH]c(C)c1-c1ccc(NC(=O)[C@@H](c2nnc(-c3ccnn3C(C)C)[nH]2)C2(C3CC3)CC23CC3)cc1. The van der Waals surface area contributed by atoms with Crippen molar-refractivity contribution in [1.82, 2.24) is 35.2 Å². The van der Waals surface area contributed by atoms with Gasteiger partial charge in [0, 0.05) is 29.2 Å². The van der Waals surface area contributed by atoms with Crippen LogP contribution in [0.3, 0.4) is 0 Å². The highest BCUT2D eigenvalue weighted by atomic mass is 16.2. The average Bonchev–Trinajstić information content (AvgIpc) is 3.84. The van der Waals surface area contributed by atoms with Crippen LogP contribution in [0.2, 0.25) is 0 Å². The Hall–Kier alpha value is -3.75. The number of amides is 1. The zero-order valence-electron chi connectivity index (χ0n) is 22.4. The Labute approximate surface area is 221 Å². The molecule has 3 aromatic heterocycles. The summed E-state index contributed by atoms with van der Waals surface area (Å²) in [4.78, 5) is 17.6. The molecular weight excluding hydrogens is 476 g/mol. The molecule has 0 aliphatic heterocycles. The highest BCUT2D eigenvalue weighted by Crippen LogP contribution is 2.87. The lowest BCUT2D eigenvalue weighted by molar-refractivity contribution is -0.119. The summed E-state index contributed by atoms with van der Waals surface area (Å²) >= 11 is 0. The maximum atomic E-state index is 14.1. The Balaban J connectivity index is 1.21. The van der Waals surface area contributed by atoms with E-state index in [0.29, 0.717) is 23.0 Å². The van der Waals surface area contributed by atoms with Crippen molar-refractivity contribution >= 4 is 11.6 Å². The minimum Gasteiger partial charge on any atom is -0.325 e.